The van der Waals surface area contributed by atoms with Crippen LogP contribution in [-0.2, 0) is 5.41 Å². The highest BCUT2D eigenvalue weighted by atomic mass is 16.5. The van der Waals surface area contributed by atoms with Crippen LogP contribution in [0.15, 0.2) is 24.3 Å². The maximum Gasteiger partial charge on any atom is 0.122 e. The molecule has 0 heterocycles. The molecule has 1 fully saturated rings. The lowest BCUT2D eigenvalue weighted by Crippen LogP contribution is -2.52. The predicted molar refractivity (Wildman–Crippen MR) is 71.6 cm³/mol. The van der Waals surface area contributed by atoms with Crippen LogP contribution in [-0.4, -0.2) is 20.7 Å². The molecule has 0 bridgehead atoms. The largest absolute Gasteiger partial charge is 0.496 e. The first-order chi connectivity index (χ1) is 8.03. The third-order valence-corrected chi connectivity index (χ3v) is 3.83. The second kappa shape index (κ2) is 4.34. The van der Waals surface area contributed by atoms with Gasteiger partial charge in [-0.25, -0.2) is 0 Å². The summed E-state index contributed by atoms with van der Waals surface area (Å²) < 4.78 is 5.51. The fourth-order valence-electron chi connectivity index (χ4n) is 3.61. The van der Waals surface area contributed by atoms with E-state index in [1.165, 1.54) is 18.4 Å². The van der Waals surface area contributed by atoms with Crippen LogP contribution >= 0.6 is 0 Å². The summed E-state index contributed by atoms with van der Waals surface area (Å²) in [5.74, 6) is 1.03. The second-order valence-electron chi connectivity index (χ2n) is 6.03. The summed E-state index contributed by atoms with van der Waals surface area (Å²) in [6.45, 7) is 5.71. The second-order valence-corrected chi connectivity index (χ2v) is 6.03. The quantitative estimate of drug-likeness (QED) is 0.863. The molecule has 1 aliphatic carbocycles. The van der Waals surface area contributed by atoms with Gasteiger partial charge in [0.15, 0.2) is 0 Å². The molecule has 2 nitrogen and oxygen atoms in total. The lowest BCUT2D eigenvalue weighted by molar-refractivity contribution is 0.0559. The Morgan fingerprint density at radius 2 is 1.88 bits per heavy atom. The number of hydrogen-bond donors (Lipinski definition) is 1. The zero-order valence-corrected chi connectivity index (χ0v) is 11.3. The van der Waals surface area contributed by atoms with E-state index >= 15 is 0 Å². The van der Waals surface area contributed by atoms with Crippen LogP contribution in [0.4, 0.5) is 0 Å². The van der Waals surface area contributed by atoms with Gasteiger partial charge in [0.25, 0.3) is 0 Å². The number of likely N-dealkylation sites (N-methyl/N-ethyl adjacent to an activating group) is 1. The lowest BCUT2D eigenvalue weighted by atomic mass is 9.51. The average molecular weight is 233 g/mol. The molecule has 1 aromatic rings. The number of nitrogens with one attached hydrogen (secondary N) is 1. The molecule has 1 N–H and O–H groups in total. The molecule has 17 heavy (non-hydrogen) atoms. The number of rotatable bonds is 4. The van der Waals surface area contributed by atoms with Gasteiger partial charge < -0.3 is 10.1 Å². The van der Waals surface area contributed by atoms with Gasteiger partial charge in [-0.15, -0.1) is 0 Å². The fourth-order valence-corrected chi connectivity index (χ4v) is 3.61. The van der Waals surface area contributed by atoms with E-state index in [0.29, 0.717) is 5.41 Å². The molecule has 2 rings (SSSR count). The molecule has 0 radical (unpaired) electrons. The van der Waals surface area contributed by atoms with Crippen molar-refractivity contribution in [3.05, 3.63) is 29.8 Å². The topological polar surface area (TPSA) is 21.3 Å². The Balaban J connectivity index is 2.34. The van der Waals surface area contributed by atoms with E-state index in [0.717, 1.165) is 12.3 Å². The van der Waals surface area contributed by atoms with Crippen molar-refractivity contribution in [1.29, 1.82) is 0 Å². The van der Waals surface area contributed by atoms with Crippen molar-refractivity contribution in [2.24, 2.45) is 5.41 Å². The van der Waals surface area contributed by atoms with E-state index in [-0.39, 0.29) is 5.41 Å². The Hall–Kier alpha value is -1.02. The monoisotopic (exact) mass is 233 g/mol. The zero-order chi connectivity index (χ0) is 12.5. The van der Waals surface area contributed by atoms with Gasteiger partial charge in [0, 0.05) is 17.5 Å². The Kier molecular flexibility index (Phi) is 3.17. The highest BCUT2D eigenvalue weighted by molar-refractivity contribution is 5.42. The molecule has 94 valence electrons. The smallest absolute Gasteiger partial charge is 0.122 e. The van der Waals surface area contributed by atoms with Crippen LogP contribution in [0, 0.1) is 5.41 Å². The van der Waals surface area contributed by atoms with E-state index < -0.39 is 0 Å². The molecular formula is C15H23NO. The van der Waals surface area contributed by atoms with E-state index in [1.807, 2.05) is 13.1 Å². The minimum Gasteiger partial charge on any atom is -0.496 e. The van der Waals surface area contributed by atoms with E-state index in [4.69, 9.17) is 4.74 Å². The highest BCUT2D eigenvalue weighted by Gasteiger charge is 2.50. The molecule has 1 saturated carbocycles. The predicted octanol–water partition coefficient (Wildman–Crippen LogP) is 2.97. The SMILES string of the molecule is CNCC1(c2ccccc2OC)CC(C)(C)C1. The van der Waals surface area contributed by atoms with E-state index in [1.54, 1.807) is 7.11 Å². The highest BCUT2D eigenvalue weighted by Crippen LogP contribution is 2.56. The summed E-state index contributed by atoms with van der Waals surface area (Å²) in [7, 11) is 3.79. The molecule has 1 aromatic carbocycles. The first kappa shape index (κ1) is 12.4. The van der Waals surface area contributed by atoms with Gasteiger partial charge in [-0.1, -0.05) is 32.0 Å². The molecule has 0 saturated heterocycles. The van der Waals surface area contributed by atoms with Crippen molar-refractivity contribution in [2.75, 3.05) is 20.7 Å². The van der Waals surface area contributed by atoms with Gasteiger partial charge in [0.2, 0.25) is 0 Å². The third-order valence-electron chi connectivity index (χ3n) is 3.83. The Morgan fingerprint density at radius 3 is 2.41 bits per heavy atom. The standard InChI is InChI=1S/C15H23NO/c1-14(2)9-15(10-14,11-16-3)12-7-5-6-8-13(12)17-4/h5-8,16H,9-11H2,1-4H3. The van der Waals surface area contributed by atoms with Gasteiger partial charge in [-0.05, 0) is 31.4 Å². The molecule has 0 unspecified atom stereocenters. The molecule has 2 heteroatoms. The summed E-state index contributed by atoms with van der Waals surface area (Å²) in [4.78, 5) is 0. The minimum atomic E-state index is 0.255. The number of para-hydroxylation sites is 1. The van der Waals surface area contributed by atoms with Crippen molar-refractivity contribution < 1.29 is 4.74 Å². The maximum absolute atomic E-state index is 5.51. The van der Waals surface area contributed by atoms with Crippen molar-refractivity contribution >= 4 is 0 Å². The molecular weight excluding hydrogens is 210 g/mol. The summed E-state index contributed by atoms with van der Waals surface area (Å²) in [5, 5.41) is 3.34. The average Bonchev–Trinajstić information content (AvgIpc) is 2.26. The van der Waals surface area contributed by atoms with Crippen molar-refractivity contribution in [2.45, 2.75) is 32.1 Å². The summed E-state index contributed by atoms with van der Waals surface area (Å²) in [6.07, 6.45) is 2.45. The van der Waals surface area contributed by atoms with Crippen molar-refractivity contribution in [3.63, 3.8) is 0 Å². The van der Waals surface area contributed by atoms with Crippen LogP contribution in [0.3, 0.4) is 0 Å². The summed E-state index contributed by atoms with van der Waals surface area (Å²) in [6, 6.07) is 8.43. The van der Waals surface area contributed by atoms with Crippen LogP contribution in [0.5, 0.6) is 5.75 Å². The molecule has 0 amide bonds. The van der Waals surface area contributed by atoms with Crippen LogP contribution in [0.2, 0.25) is 0 Å². The van der Waals surface area contributed by atoms with E-state index in [9.17, 15) is 0 Å². The Labute approximate surface area is 104 Å². The Morgan fingerprint density at radius 1 is 1.24 bits per heavy atom. The normalized spacial score (nSPS) is 20.7. The van der Waals surface area contributed by atoms with Crippen LogP contribution in [0.25, 0.3) is 0 Å². The molecule has 0 aromatic heterocycles. The first-order valence-corrected chi connectivity index (χ1v) is 6.31. The van der Waals surface area contributed by atoms with Gasteiger partial charge >= 0.3 is 0 Å². The summed E-state index contributed by atoms with van der Waals surface area (Å²) in [5.41, 5.74) is 2.07. The summed E-state index contributed by atoms with van der Waals surface area (Å²) >= 11 is 0. The van der Waals surface area contributed by atoms with Gasteiger partial charge in [-0.3, -0.25) is 0 Å². The van der Waals surface area contributed by atoms with Crippen LogP contribution < -0.4 is 10.1 Å². The zero-order valence-electron chi connectivity index (χ0n) is 11.3. The minimum absolute atomic E-state index is 0.255. The molecule has 0 spiro atoms. The lowest BCUT2D eigenvalue weighted by Gasteiger charge is -2.54. The van der Waals surface area contributed by atoms with Gasteiger partial charge in [0.05, 0.1) is 7.11 Å². The molecule has 0 atom stereocenters. The third kappa shape index (κ3) is 2.19. The number of hydrogen-bond acceptors (Lipinski definition) is 2. The fraction of sp³-hybridized carbons (Fsp3) is 0.600. The first-order valence-electron chi connectivity index (χ1n) is 6.31. The van der Waals surface area contributed by atoms with Gasteiger partial charge in [0.1, 0.15) is 5.75 Å². The number of ether oxygens (including phenoxy) is 1. The van der Waals surface area contributed by atoms with Crippen LogP contribution in [0.1, 0.15) is 32.3 Å². The molecule has 1 aliphatic rings. The van der Waals surface area contributed by atoms with E-state index in [2.05, 4.69) is 37.4 Å². The van der Waals surface area contributed by atoms with Crippen molar-refractivity contribution in [3.8, 4) is 5.75 Å². The van der Waals surface area contributed by atoms with Gasteiger partial charge in [-0.2, -0.15) is 0 Å². The number of benzene rings is 1. The maximum atomic E-state index is 5.51. The van der Waals surface area contributed by atoms with Crippen molar-refractivity contribution in [1.82, 2.24) is 5.32 Å². The molecule has 0 aliphatic heterocycles. The Bertz CT molecular complexity index is 390. The number of methoxy groups -OCH3 is 1.